The number of hydrogen-bond donors (Lipinski definition) is 2. The highest BCUT2D eigenvalue weighted by Gasteiger charge is 2.14. The fraction of sp³-hybridized carbons (Fsp3) is 0.333. The highest BCUT2D eigenvalue weighted by Crippen LogP contribution is 2.25. The van der Waals surface area contributed by atoms with E-state index in [2.05, 4.69) is 10.5 Å². The number of benzene rings is 2. The fourth-order valence-electron chi connectivity index (χ4n) is 2.16. The Kier molecular flexibility index (Phi) is 5.58. The summed E-state index contributed by atoms with van der Waals surface area (Å²) < 4.78 is 27.1. The smallest absolute Gasteiger partial charge is 0.240 e. The lowest BCUT2D eigenvalue weighted by molar-refractivity contribution is -0.368. The standard InChI is InChI=1S/C15H19ClN2O2S/c16-15-6-4-5-12-11-13(7-8-14(12)15)21(19,20)18-10-3-1-2-9-17/h4-8,11,18H,1-3,9-10,17H2/p+1. The molecule has 0 atom stereocenters. The van der Waals surface area contributed by atoms with Crippen molar-refractivity contribution in [1.82, 2.24) is 4.72 Å². The second kappa shape index (κ2) is 7.22. The largest absolute Gasteiger partial charge is 0.358 e. The Labute approximate surface area is 130 Å². The van der Waals surface area contributed by atoms with Crippen molar-refractivity contribution in [3.63, 3.8) is 0 Å². The maximum absolute atomic E-state index is 12.2. The van der Waals surface area contributed by atoms with Gasteiger partial charge in [-0.3, -0.25) is 0 Å². The lowest BCUT2D eigenvalue weighted by Gasteiger charge is -2.08. The number of fused-ring (bicyclic) bond motifs is 1. The van der Waals surface area contributed by atoms with Crippen molar-refractivity contribution in [2.45, 2.75) is 24.2 Å². The Balaban J connectivity index is 2.13. The molecule has 0 aromatic heterocycles. The van der Waals surface area contributed by atoms with Gasteiger partial charge in [0.1, 0.15) is 0 Å². The Morgan fingerprint density at radius 1 is 1.10 bits per heavy atom. The molecule has 0 unspecified atom stereocenters. The summed E-state index contributed by atoms with van der Waals surface area (Å²) in [6.45, 7) is 1.34. The average molecular weight is 328 g/mol. The lowest BCUT2D eigenvalue weighted by atomic mass is 10.1. The highest BCUT2D eigenvalue weighted by atomic mass is 35.5. The minimum Gasteiger partial charge on any atom is -0.358 e. The van der Waals surface area contributed by atoms with E-state index >= 15 is 0 Å². The van der Waals surface area contributed by atoms with Gasteiger partial charge in [0, 0.05) is 17.0 Å². The molecule has 4 N–H and O–H groups in total. The first-order chi connectivity index (χ1) is 10.0. The average Bonchev–Trinajstić information content (AvgIpc) is 2.47. The van der Waals surface area contributed by atoms with Gasteiger partial charge in [0.15, 0.2) is 0 Å². The van der Waals surface area contributed by atoms with Crippen molar-refractivity contribution in [2.75, 3.05) is 13.1 Å². The molecule has 0 radical (unpaired) electrons. The van der Waals surface area contributed by atoms with E-state index in [1.165, 1.54) is 0 Å². The molecule has 114 valence electrons. The van der Waals surface area contributed by atoms with Crippen molar-refractivity contribution in [3.05, 3.63) is 41.4 Å². The third kappa shape index (κ3) is 4.17. The summed E-state index contributed by atoms with van der Waals surface area (Å²) in [5.74, 6) is 0. The Morgan fingerprint density at radius 2 is 1.90 bits per heavy atom. The van der Waals surface area contributed by atoms with E-state index in [0.29, 0.717) is 11.6 Å². The van der Waals surface area contributed by atoms with Crippen LogP contribution in [0.15, 0.2) is 41.3 Å². The van der Waals surface area contributed by atoms with Gasteiger partial charge in [-0.25, -0.2) is 13.1 Å². The molecule has 0 aliphatic heterocycles. The van der Waals surface area contributed by atoms with Gasteiger partial charge in [-0.15, -0.1) is 0 Å². The number of unbranched alkanes of at least 4 members (excludes halogenated alkanes) is 2. The van der Waals surface area contributed by atoms with E-state index in [-0.39, 0.29) is 4.90 Å². The van der Waals surface area contributed by atoms with Crippen LogP contribution in [0.1, 0.15) is 19.3 Å². The van der Waals surface area contributed by atoms with Gasteiger partial charge in [-0.05, 0) is 42.8 Å². The molecule has 21 heavy (non-hydrogen) atoms. The fourth-order valence-corrected chi connectivity index (χ4v) is 3.51. The van der Waals surface area contributed by atoms with Crippen molar-refractivity contribution in [2.24, 2.45) is 0 Å². The molecule has 0 saturated heterocycles. The number of quaternary nitrogens is 1. The first-order valence-electron chi connectivity index (χ1n) is 7.02. The summed E-state index contributed by atoms with van der Waals surface area (Å²) in [5.41, 5.74) is 3.77. The summed E-state index contributed by atoms with van der Waals surface area (Å²) in [6.07, 6.45) is 2.84. The molecular weight excluding hydrogens is 308 g/mol. The van der Waals surface area contributed by atoms with Crippen LogP contribution in [0.3, 0.4) is 0 Å². The third-order valence-corrected chi connectivity index (χ3v) is 5.12. The quantitative estimate of drug-likeness (QED) is 0.765. The molecule has 2 aromatic carbocycles. The van der Waals surface area contributed by atoms with Gasteiger partial charge in [0.25, 0.3) is 0 Å². The summed E-state index contributed by atoms with van der Waals surface area (Å²) in [6, 6.07) is 10.4. The van der Waals surface area contributed by atoms with E-state index in [1.807, 2.05) is 12.1 Å². The second-order valence-corrected chi connectivity index (χ2v) is 7.11. The lowest BCUT2D eigenvalue weighted by Crippen LogP contribution is -2.50. The topological polar surface area (TPSA) is 73.8 Å². The minimum absolute atomic E-state index is 0.273. The maximum Gasteiger partial charge on any atom is 0.240 e. The van der Waals surface area contributed by atoms with Gasteiger partial charge >= 0.3 is 0 Å². The molecular formula is C15H20ClN2O2S+. The number of rotatable bonds is 7. The normalized spacial score (nSPS) is 11.9. The molecule has 0 aliphatic rings. The van der Waals surface area contributed by atoms with E-state index in [9.17, 15) is 8.42 Å². The van der Waals surface area contributed by atoms with Crippen molar-refractivity contribution < 1.29 is 14.2 Å². The number of halogens is 1. The van der Waals surface area contributed by atoms with E-state index < -0.39 is 10.0 Å². The third-order valence-electron chi connectivity index (χ3n) is 3.33. The Morgan fingerprint density at radius 3 is 2.67 bits per heavy atom. The van der Waals surface area contributed by atoms with Crippen LogP contribution in [0, 0.1) is 0 Å². The molecule has 0 fully saturated rings. The first kappa shape index (κ1) is 16.2. The number of hydrogen-bond acceptors (Lipinski definition) is 2. The van der Waals surface area contributed by atoms with Gasteiger partial charge < -0.3 is 5.73 Å². The number of nitrogens with one attached hydrogen (secondary N) is 1. The molecule has 0 heterocycles. The summed E-state index contributed by atoms with van der Waals surface area (Å²) in [4.78, 5) is 0.273. The monoisotopic (exact) mass is 327 g/mol. The minimum atomic E-state index is -3.46. The van der Waals surface area contributed by atoms with Gasteiger partial charge in [-0.2, -0.15) is 0 Å². The predicted octanol–water partition coefficient (Wildman–Crippen LogP) is 2.18. The van der Waals surface area contributed by atoms with Crippen LogP contribution in [0.4, 0.5) is 0 Å². The first-order valence-corrected chi connectivity index (χ1v) is 8.88. The van der Waals surface area contributed by atoms with Crippen LogP contribution >= 0.6 is 11.6 Å². The van der Waals surface area contributed by atoms with Crippen LogP contribution in [0.5, 0.6) is 0 Å². The molecule has 0 spiro atoms. The Bertz CT molecular complexity index is 717. The van der Waals surface area contributed by atoms with Crippen molar-refractivity contribution in [1.29, 1.82) is 0 Å². The van der Waals surface area contributed by atoms with Gasteiger partial charge in [0.2, 0.25) is 10.0 Å². The van der Waals surface area contributed by atoms with Crippen LogP contribution in [0.25, 0.3) is 10.8 Å². The van der Waals surface area contributed by atoms with Gasteiger partial charge in [0.05, 0.1) is 11.4 Å². The predicted molar refractivity (Wildman–Crippen MR) is 85.8 cm³/mol. The second-order valence-electron chi connectivity index (χ2n) is 4.93. The van der Waals surface area contributed by atoms with Crippen LogP contribution in [0.2, 0.25) is 5.02 Å². The van der Waals surface area contributed by atoms with Crippen molar-refractivity contribution in [3.8, 4) is 0 Å². The molecule has 4 nitrogen and oxygen atoms in total. The number of sulfonamides is 1. The molecule has 0 saturated carbocycles. The zero-order valence-corrected chi connectivity index (χ0v) is 13.4. The zero-order valence-electron chi connectivity index (χ0n) is 11.8. The zero-order chi connectivity index (χ0) is 15.3. The van der Waals surface area contributed by atoms with Crippen LogP contribution in [-0.4, -0.2) is 21.5 Å². The highest BCUT2D eigenvalue weighted by molar-refractivity contribution is 7.89. The molecule has 6 heteroatoms. The summed E-state index contributed by atoms with van der Waals surface area (Å²) in [7, 11) is -3.46. The van der Waals surface area contributed by atoms with Crippen LogP contribution in [-0.2, 0) is 10.0 Å². The molecule has 2 aromatic rings. The van der Waals surface area contributed by atoms with E-state index in [1.54, 1.807) is 24.3 Å². The van der Waals surface area contributed by atoms with Crippen molar-refractivity contribution >= 4 is 32.4 Å². The summed E-state index contributed by atoms with van der Waals surface area (Å²) in [5, 5.41) is 2.30. The molecule has 0 amide bonds. The van der Waals surface area contributed by atoms with Crippen LogP contribution < -0.4 is 10.5 Å². The molecule has 2 rings (SSSR count). The summed E-state index contributed by atoms with van der Waals surface area (Å²) >= 11 is 6.09. The Hall–Kier alpha value is -1.14. The molecule has 0 aliphatic carbocycles. The maximum atomic E-state index is 12.2. The molecule has 0 bridgehead atoms. The van der Waals surface area contributed by atoms with E-state index in [0.717, 1.165) is 36.6 Å². The van der Waals surface area contributed by atoms with Gasteiger partial charge in [-0.1, -0.05) is 29.8 Å². The van der Waals surface area contributed by atoms with E-state index in [4.69, 9.17) is 11.6 Å². The SMILES string of the molecule is [NH3+]CCCCCNS(=O)(=O)c1ccc2c(Cl)cccc2c1.